The molecule has 2 aromatic rings. The lowest BCUT2D eigenvalue weighted by atomic mass is 10.1. The van der Waals surface area contributed by atoms with Gasteiger partial charge in [0.15, 0.2) is 0 Å². The van der Waals surface area contributed by atoms with Gasteiger partial charge in [-0.3, -0.25) is 4.68 Å². The Labute approximate surface area is 100 Å². The molecule has 0 unspecified atom stereocenters. The maximum absolute atomic E-state index is 13.7. The summed E-state index contributed by atoms with van der Waals surface area (Å²) in [7, 11) is 1.83. The molecule has 17 heavy (non-hydrogen) atoms. The summed E-state index contributed by atoms with van der Waals surface area (Å²) < 4.78 is 15.4. The molecule has 90 valence electrons. The Balaban J connectivity index is 2.33. The van der Waals surface area contributed by atoms with Crippen LogP contribution in [0.15, 0.2) is 30.3 Å². The summed E-state index contributed by atoms with van der Waals surface area (Å²) in [6.07, 6.45) is 1.73. The zero-order valence-electron chi connectivity index (χ0n) is 9.86. The van der Waals surface area contributed by atoms with Crippen molar-refractivity contribution < 1.29 is 4.39 Å². The number of aryl methyl sites for hydroxylation is 2. The molecule has 0 spiro atoms. The highest BCUT2D eigenvalue weighted by Crippen LogP contribution is 2.23. The van der Waals surface area contributed by atoms with Gasteiger partial charge in [0.05, 0.1) is 11.4 Å². The van der Waals surface area contributed by atoms with E-state index in [1.807, 2.05) is 19.2 Å². The van der Waals surface area contributed by atoms with Gasteiger partial charge in [-0.25, -0.2) is 4.39 Å². The smallest absolute Gasteiger partial charge is 0.132 e. The Morgan fingerprint density at radius 3 is 2.82 bits per heavy atom. The molecule has 0 radical (unpaired) electrons. The predicted octanol–water partition coefficient (Wildman–Crippen LogP) is 2.12. The van der Waals surface area contributed by atoms with E-state index < -0.39 is 0 Å². The van der Waals surface area contributed by atoms with Crippen LogP contribution in [0.3, 0.4) is 0 Å². The number of aromatic nitrogens is 2. The summed E-state index contributed by atoms with van der Waals surface area (Å²) in [4.78, 5) is 0. The van der Waals surface area contributed by atoms with Crippen molar-refractivity contribution in [2.75, 3.05) is 6.54 Å². The van der Waals surface area contributed by atoms with E-state index in [9.17, 15) is 4.39 Å². The molecule has 1 aromatic heterocycles. The Morgan fingerprint density at radius 1 is 1.35 bits per heavy atom. The van der Waals surface area contributed by atoms with Crippen LogP contribution < -0.4 is 5.73 Å². The Kier molecular flexibility index (Phi) is 3.54. The van der Waals surface area contributed by atoms with Gasteiger partial charge in [-0.1, -0.05) is 12.1 Å². The summed E-state index contributed by atoms with van der Waals surface area (Å²) in [5, 5.41) is 4.36. The second-order valence-electron chi connectivity index (χ2n) is 4.02. The summed E-state index contributed by atoms with van der Waals surface area (Å²) in [6, 6.07) is 8.66. The van der Waals surface area contributed by atoms with Crippen LogP contribution in [0.1, 0.15) is 12.1 Å². The third kappa shape index (κ3) is 2.53. The molecule has 0 amide bonds. The van der Waals surface area contributed by atoms with Gasteiger partial charge in [0.1, 0.15) is 5.82 Å². The molecule has 0 fully saturated rings. The normalized spacial score (nSPS) is 10.8. The van der Waals surface area contributed by atoms with Crippen molar-refractivity contribution in [3.05, 3.63) is 41.8 Å². The van der Waals surface area contributed by atoms with Crippen LogP contribution in [-0.4, -0.2) is 16.3 Å². The molecule has 2 N–H and O–H groups in total. The fourth-order valence-corrected chi connectivity index (χ4v) is 1.85. The molecule has 2 rings (SSSR count). The minimum Gasteiger partial charge on any atom is -0.330 e. The predicted molar refractivity (Wildman–Crippen MR) is 66.0 cm³/mol. The van der Waals surface area contributed by atoms with E-state index in [1.165, 1.54) is 6.07 Å². The van der Waals surface area contributed by atoms with E-state index >= 15 is 0 Å². The molecule has 0 atom stereocenters. The van der Waals surface area contributed by atoms with Gasteiger partial charge in [0, 0.05) is 12.6 Å². The highest BCUT2D eigenvalue weighted by molar-refractivity contribution is 5.60. The lowest BCUT2D eigenvalue weighted by Crippen LogP contribution is -2.01. The third-order valence-electron chi connectivity index (χ3n) is 2.72. The maximum Gasteiger partial charge on any atom is 0.132 e. The molecule has 0 saturated heterocycles. The van der Waals surface area contributed by atoms with Crippen molar-refractivity contribution in [2.45, 2.75) is 12.8 Å². The van der Waals surface area contributed by atoms with Crippen LogP contribution in [0.4, 0.5) is 4.39 Å². The van der Waals surface area contributed by atoms with Crippen molar-refractivity contribution in [2.24, 2.45) is 12.8 Å². The first-order chi connectivity index (χ1) is 8.22. The summed E-state index contributed by atoms with van der Waals surface area (Å²) >= 11 is 0. The van der Waals surface area contributed by atoms with E-state index in [0.717, 1.165) is 24.2 Å². The first-order valence-electron chi connectivity index (χ1n) is 5.70. The molecular weight excluding hydrogens is 217 g/mol. The molecular formula is C13H16FN3. The van der Waals surface area contributed by atoms with Gasteiger partial charge in [-0.15, -0.1) is 0 Å². The molecule has 0 saturated carbocycles. The van der Waals surface area contributed by atoms with Crippen molar-refractivity contribution in [1.29, 1.82) is 0 Å². The quantitative estimate of drug-likeness (QED) is 0.879. The number of halogens is 1. The highest BCUT2D eigenvalue weighted by atomic mass is 19.1. The first kappa shape index (κ1) is 11.8. The highest BCUT2D eigenvalue weighted by Gasteiger charge is 2.10. The van der Waals surface area contributed by atoms with E-state index in [0.29, 0.717) is 12.1 Å². The minimum absolute atomic E-state index is 0.221. The zero-order chi connectivity index (χ0) is 12.3. The number of hydrogen-bond acceptors (Lipinski definition) is 2. The number of rotatable bonds is 4. The third-order valence-corrected chi connectivity index (χ3v) is 2.72. The summed E-state index contributed by atoms with van der Waals surface area (Å²) in [6.45, 7) is 0.644. The van der Waals surface area contributed by atoms with Gasteiger partial charge in [0.25, 0.3) is 0 Å². The standard InChI is InChI=1S/C13H16FN3/c1-17-13(9-10(16-17)5-4-8-15)11-6-2-3-7-12(11)14/h2-3,6-7,9H,4-5,8,15H2,1H3. The topological polar surface area (TPSA) is 43.8 Å². The molecule has 0 aliphatic rings. The molecule has 4 heteroatoms. The van der Waals surface area contributed by atoms with E-state index in [2.05, 4.69) is 5.10 Å². The van der Waals surface area contributed by atoms with E-state index in [-0.39, 0.29) is 5.82 Å². The average molecular weight is 233 g/mol. The Hall–Kier alpha value is -1.68. The molecule has 0 aliphatic carbocycles. The van der Waals surface area contributed by atoms with Crippen LogP contribution in [0.2, 0.25) is 0 Å². The number of hydrogen-bond donors (Lipinski definition) is 1. The Bertz CT molecular complexity index is 505. The van der Waals surface area contributed by atoms with E-state index in [1.54, 1.807) is 16.8 Å². The lowest BCUT2D eigenvalue weighted by molar-refractivity contribution is 0.627. The van der Waals surface area contributed by atoms with Crippen molar-refractivity contribution in [1.82, 2.24) is 9.78 Å². The molecule has 3 nitrogen and oxygen atoms in total. The number of nitrogens with zero attached hydrogens (tertiary/aromatic N) is 2. The lowest BCUT2D eigenvalue weighted by Gasteiger charge is -2.02. The SMILES string of the molecule is Cn1nc(CCCN)cc1-c1ccccc1F. The van der Waals surface area contributed by atoms with Gasteiger partial charge in [-0.2, -0.15) is 5.10 Å². The number of nitrogens with two attached hydrogens (primary N) is 1. The largest absolute Gasteiger partial charge is 0.330 e. The van der Waals surface area contributed by atoms with Gasteiger partial charge >= 0.3 is 0 Å². The van der Waals surface area contributed by atoms with Crippen LogP contribution in [0.25, 0.3) is 11.3 Å². The monoisotopic (exact) mass is 233 g/mol. The molecule has 1 aromatic carbocycles. The van der Waals surface area contributed by atoms with Crippen molar-refractivity contribution >= 4 is 0 Å². The fourth-order valence-electron chi connectivity index (χ4n) is 1.85. The summed E-state index contributed by atoms with van der Waals surface area (Å²) in [5.74, 6) is -0.221. The fraction of sp³-hybridized carbons (Fsp3) is 0.308. The van der Waals surface area contributed by atoms with Crippen LogP contribution in [0.5, 0.6) is 0 Å². The zero-order valence-corrected chi connectivity index (χ0v) is 9.86. The average Bonchev–Trinajstić information content (AvgIpc) is 2.68. The number of benzene rings is 1. The second kappa shape index (κ2) is 5.10. The van der Waals surface area contributed by atoms with Crippen LogP contribution in [0, 0.1) is 5.82 Å². The van der Waals surface area contributed by atoms with Gasteiger partial charge < -0.3 is 5.73 Å². The van der Waals surface area contributed by atoms with Crippen molar-refractivity contribution in [3.63, 3.8) is 0 Å². The van der Waals surface area contributed by atoms with Crippen LogP contribution in [-0.2, 0) is 13.5 Å². The summed E-state index contributed by atoms with van der Waals surface area (Å²) in [5.41, 5.74) is 7.80. The molecule has 0 bridgehead atoms. The first-order valence-corrected chi connectivity index (χ1v) is 5.70. The second-order valence-corrected chi connectivity index (χ2v) is 4.02. The molecule has 0 aliphatic heterocycles. The van der Waals surface area contributed by atoms with Crippen molar-refractivity contribution in [3.8, 4) is 11.3 Å². The van der Waals surface area contributed by atoms with Gasteiger partial charge in [-0.05, 0) is 37.6 Å². The minimum atomic E-state index is -0.221. The van der Waals surface area contributed by atoms with Gasteiger partial charge in [0.2, 0.25) is 0 Å². The maximum atomic E-state index is 13.7. The molecule has 1 heterocycles. The van der Waals surface area contributed by atoms with E-state index in [4.69, 9.17) is 5.73 Å². The van der Waals surface area contributed by atoms with Crippen LogP contribution >= 0.6 is 0 Å². The Morgan fingerprint density at radius 2 is 2.12 bits per heavy atom.